The summed E-state index contributed by atoms with van der Waals surface area (Å²) in [5, 5.41) is 3.16. The zero-order valence-corrected chi connectivity index (χ0v) is 11.0. The predicted octanol–water partition coefficient (Wildman–Crippen LogP) is 1.51. The van der Waals surface area contributed by atoms with Crippen molar-refractivity contribution in [2.75, 3.05) is 12.4 Å². The van der Waals surface area contributed by atoms with E-state index in [0.717, 1.165) is 11.4 Å². The lowest BCUT2D eigenvalue weighted by Gasteiger charge is -2.05. The molecule has 2 rings (SSSR count). The van der Waals surface area contributed by atoms with E-state index in [4.69, 9.17) is 5.73 Å². The van der Waals surface area contributed by atoms with Crippen molar-refractivity contribution in [3.8, 4) is 0 Å². The van der Waals surface area contributed by atoms with Crippen LogP contribution in [0.1, 0.15) is 26.5 Å². The number of esters is 1. The minimum atomic E-state index is -0.455. The van der Waals surface area contributed by atoms with Crippen LogP contribution >= 0.6 is 0 Å². The number of H-pyrrole nitrogens is 1. The van der Waals surface area contributed by atoms with Gasteiger partial charge in [0.1, 0.15) is 5.69 Å². The number of carbonyl (C=O) groups excluding carboxylic acids is 2. The number of anilines is 1. The predicted molar refractivity (Wildman–Crippen MR) is 74.4 cm³/mol. The van der Waals surface area contributed by atoms with Gasteiger partial charge in [0.2, 0.25) is 5.91 Å². The highest BCUT2D eigenvalue weighted by atomic mass is 16.5. The van der Waals surface area contributed by atoms with E-state index in [1.54, 1.807) is 36.4 Å². The van der Waals surface area contributed by atoms with Crippen LogP contribution < -0.4 is 11.1 Å². The molecule has 0 bridgehead atoms. The van der Waals surface area contributed by atoms with Crippen LogP contribution in [0, 0.1) is 0 Å². The zero-order valence-electron chi connectivity index (χ0n) is 11.0. The van der Waals surface area contributed by atoms with Crippen molar-refractivity contribution >= 4 is 17.6 Å². The van der Waals surface area contributed by atoms with Crippen LogP contribution in [0.5, 0.6) is 0 Å². The maximum Gasteiger partial charge on any atom is 0.354 e. The molecule has 1 aromatic heterocycles. The number of aromatic nitrogens is 1. The summed E-state index contributed by atoms with van der Waals surface area (Å²) in [5.74, 6) is -0.856. The summed E-state index contributed by atoms with van der Waals surface area (Å²) in [6, 6.07) is 10.3. The van der Waals surface area contributed by atoms with Crippen LogP contribution in [0.3, 0.4) is 0 Å². The van der Waals surface area contributed by atoms with Crippen LogP contribution in [0.4, 0.5) is 5.69 Å². The fraction of sp³-hybridized carbons (Fsp3) is 0.143. The third kappa shape index (κ3) is 3.17. The van der Waals surface area contributed by atoms with Gasteiger partial charge in [0.05, 0.1) is 13.7 Å². The number of primary amides is 1. The van der Waals surface area contributed by atoms with Gasteiger partial charge in [0, 0.05) is 16.9 Å². The molecule has 6 nitrogen and oxygen atoms in total. The minimum absolute atomic E-state index is 0.401. The molecule has 0 saturated heterocycles. The van der Waals surface area contributed by atoms with Crippen LogP contribution in [0.25, 0.3) is 0 Å². The van der Waals surface area contributed by atoms with Gasteiger partial charge in [-0.3, -0.25) is 4.79 Å². The van der Waals surface area contributed by atoms with Crippen LogP contribution in [-0.2, 0) is 11.3 Å². The number of nitrogens with one attached hydrogen (secondary N) is 2. The number of amides is 1. The average molecular weight is 273 g/mol. The van der Waals surface area contributed by atoms with Gasteiger partial charge >= 0.3 is 5.97 Å². The van der Waals surface area contributed by atoms with E-state index in [9.17, 15) is 9.59 Å². The van der Waals surface area contributed by atoms with Crippen LogP contribution in [-0.4, -0.2) is 24.0 Å². The molecule has 104 valence electrons. The van der Waals surface area contributed by atoms with E-state index in [0.29, 0.717) is 17.8 Å². The zero-order chi connectivity index (χ0) is 14.5. The SMILES string of the molecule is COC(=O)c1ccc(CNc2ccc(C(N)=O)cc2)[nH]1. The smallest absolute Gasteiger partial charge is 0.354 e. The fourth-order valence-corrected chi connectivity index (χ4v) is 1.72. The monoisotopic (exact) mass is 273 g/mol. The lowest BCUT2D eigenvalue weighted by atomic mass is 10.2. The van der Waals surface area contributed by atoms with Crippen molar-refractivity contribution < 1.29 is 14.3 Å². The number of hydrogen-bond acceptors (Lipinski definition) is 4. The van der Waals surface area contributed by atoms with Gasteiger partial charge in [-0.25, -0.2) is 4.79 Å². The first-order chi connectivity index (χ1) is 9.60. The molecule has 0 unspecified atom stereocenters. The van der Waals surface area contributed by atoms with Crippen LogP contribution in [0.15, 0.2) is 36.4 Å². The molecule has 4 N–H and O–H groups in total. The summed E-state index contributed by atoms with van der Waals surface area (Å²) >= 11 is 0. The highest BCUT2D eigenvalue weighted by molar-refractivity contribution is 5.93. The van der Waals surface area contributed by atoms with Gasteiger partial charge in [-0.1, -0.05) is 0 Å². The van der Waals surface area contributed by atoms with E-state index in [1.165, 1.54) is 7.11 Å². The number of aromatic amines is 1. The summed E-state index contributed by atoms with van der Waals surface area (Å²) < 4.78 is 4.61. The molecule has 20 heavy (non-hydrogen) atoms. The van der Waals surface area contributed by atoms with Crippen molar-refractivity contribution in [1.82, 2.24) is 4.98 Å². The number of rotatable bonds is 5. The Morgan fingerprint density at radius 3 is 2.50 bits per heavy atom. The molecule has 1 amide bonds. The first-order valence-electron chi connectivity index (χ1n) is 6.00. The van der Waals surface area contributed by atoms with E-state index < -0.39 is 11.9 Å². The van der Waals surface area contributed by atoms with Crippen molar-refractivity contribution in [3.05, 3.63) is 53.3 Å². The molecule has 1 aromatic carbocycles. The molecule has 0 fully saturated rings. The Morgan fingerprint density at radius 1 is 1.20 bits per heavy atom. The summed E-state index contributed by atoms with van der Waals surface area (Å²) in [4.78, 5) is 25.2. The molecule has 6 heteroatoms. The second-order valence-electron chi connectivity index (χ2n) is 4.18. The number of ether oxygens (including phenoxy) is 1. The number of nitrogens with two attached hydrogens (primary N) is 1. The summed E-state index contributed by atoms with van der Waals surface area (Å²) in [7, 11) is 1.33. The van der Waals surface area contributed by atoms with E-state index in [-0.39, 0.29) is 0 Å². The lowest BCUT2D eigenvalue weighted by Crippen LogP contribution is -2.10. The van der Waals surface area contributed by atoms with E-state index in [1.807, 2.05) is 0 Å². The molecule has 0 saturated carbocycles. The molecule has 0 aliphatic carbocycles. The standard InChI is InChI=1S/C14H15N3O3/c1-20-14(19)12-7-6-11(17-12)8-16-10-4-2-9(3-5-10)13(15)18/h2-7,16-17H,8H2,1H3,(H2,15,18). The first kappa shape index (κ1) is 13.7. The topological polar surface area (TPSA) is 97.2 Å². The van der Waals surface area contributed by atoms with Crippen molar-refractivity contribution in [2.24, 2.45) is 5.73 Å². The molecule has 2 aromatic rings. The Hall–Kier alpha value is -2.76. The molecular formula is C14H15N3O3. The highest BCUT2D eigenvalue weighted by Crippen LogP contribution is 2.11. The summed E-state index contributed by atoms with van der Waals surface area (Å²) in [6.45, 7) is 0.521. The average Bonchev–Trinajstić information content (AvgIpc) is 2.93. The molecule has 0 spiro atoms. The van der Waals surface area contributed by atoms with Gasteiger partial charge < -0.3 is 20.8 Å². The largest absolute Gasteiger partial charge is 0.464 e. The Kier molecular flexibility index (Phi) is 4.05. The lowest BCUT2D eigenvalue weighted by molar-refractivity contribution is 0.0594. The minimum Gasteiger partial charge on any atom is -0.464 e. The van der Waals surface area contributed by atoms with E-state index in [2.05, 4.69) is 15.0 Å². The molecule has 0 atom stereocenters. The Labute approximate surface area is 115 Å². The van der Waals surface area contributed by atoms with Crippen molar-refractivity contribution in [1.29, 1.82) is 0 Å². The van der Waals surface area contributed by atoms with Gasteiger partial charge in [-0.2, -0.15) is 0 Å². The molecule has 0 aliphatic heterocycles. The maximum absolute atomic E-state index is 11.3. The third-order valence-electron chi connectivity index (χ3n) is 2.80. The molecule has 0 radical (unpaired) electrons. The Bertz CT molecular complexity index is 617. The van der Waals surface area contributed by atoms with Gasteiger partial charge in [0.25, 0.3) is 0 Å². The van der Waals surface area contributed by atoms with Gasteiger partial charge in [0.15, 0.2) is 0 Å². The van der Waals surface area contributed by atoms with Gasteiger partial charge in [-0.05, 0) is 36.4 Å². The normalized spacial score (nSPS) is 10.1. The number of benzene rings is 1. The Morgan fingerprint density at radius 2 is 1.90 bits per heavy atom. The second kappa shape index (κ2) is 5.92. The highest BCUT2D eigenvalue weighted by Gasteiger charge is 2.07. The van der Waals surface area contributed by atoms with Crippen molar-refractivity contribution in [3.63, 3.8) is 0 Å². The first-order valence-corrected chi connectivity index (χ1v) is 6.00. The van der Waals surface area contributed by atoms with Crippen LogP contribution in [0.2, 0.25) is 0 Å². The quantitative estimate of drug-likeness (QED) is 0.719. The third-order valence-corrected chi connectivity index (χ3v) is 2.80. The maximum atomic E-state index is 11.3. The summed E-state index contributed by atoms with van der Waals surface area (Å²) in [5.41, 5.74) is 7.74. The number of hydrogen-bond donors (Lipinski definition) is 3. The second-order valence-corrected chi connectivity index (χ2v) is 4.18. The molecular weight excluding hydrogens is 258 g/mol. The summed E-state index contributed by atoms with van der Waals surface area (Å²) in [6.07, 6.45) is 0. The van der Waals surface area contributed by atoms with Gasteiger partial charge in [-0.15, -0.1) is 0 Å². The Balaban J connectivity index is 1.96. The van der Waals surface area contributed by atoms with E-state index >= 15 is 0 Å². The molecule has 1 heterocycles. The number of carbonyl (C=O) groups is 2. The van der Waals surface area contributed by atoms with Crippen molar-refractivity contribution in [2.45, 2.75) is 6.54 Å². The fourth-order valence-electron chi connectivity index (χ4n) is 1.72. The number of methoxy groups -OCH3 is 1. The molecule has 0 aliphatic rings.